The first-order chi connectivity index (χ1) is 10.9. The molecule has 2 aromatic rings. The van der Waals surface area contributed by atoms with Gasteiger partial charge in [0.15, 0.2) is 0 Å². The van der Waals surface area contributed by atoms with Crippen LogP contribution in [0.2, 0.25) is 0 Å². The largest absolute Gasteiger partial charge is 0.371 e. The molecule has 4 bridgehead atoms. The second-order valence-electron chi connectivity index (χ2n) is 7.30. The molecule has 4 fully saturated rings. The quantitative estimate of drug-likeness (QED) is 0.752. The van der Waals surface area contributed by atoms with E-state index < -0.39 is 0 Å². The smallest absolute Gasteiger partial charge is 0.101 e. The highest BCUT2D eigenvalue weighted by Crippen LogP contribution is 2.60. The molecule has 0 amide bonds. The Kier molecular flexibility index (Phi) is 2.08. The molecule has 22 heavy (non-hydrogen) atoms. The normalized spacial score (nSPS) is 43.0. The van der Waals surface area contributed by atoms with Crippen molar-refractivity contribution < 1.29 is 4.74 Å². The summed E-state index contributed by atoms with van der Waals surface area (Å²) in [5.74, 6) is 1.43. The van der Waals surface area contributed by atoms with Crippen molar-refractivity contribution in [3.05, 3.63) is 47.2 Å². The van der Waals surface area contributed by atoms with Gasteiger partial charge in [0.25, 0.3) is 0 Å². The van der Waals surface area contributed by atoms with Crippen LogP contribution in [0.25, 0.3) is 10.9 Å². The van der Waals surface area contributed by atoms with Crippen LogP contribution in [0, 0.1) is 11.8 Å². The zero-order chi connectivity index (χ0) is 14.4. The highest BCUT2D eigenvalue weighted by molar-refractivity contribution is 5.86. The maximum Gasteiger partial charge on any atom is 0.101 e. The van der Waals surface area contributed by atoms with Crippen LogP contribution in [-0.4, -0.2) is 29.1 Å². The number of benzene rings is 1. The Balaban J connectivity index is 1.63. The number of nitrogens with one attached hydrogen (secondary N) is 1. The fourth-order valence-corrected chi connectivity index (χ4v) is 5.74. The molecule has 6 atom stereocenters. The van der Waals surface area contributed by atoms with E-state index in [-0.39, 0.29) is 6.10 Å². The van der Waals surface area contributed by atoms with Crippen molar-refractivity contribution >= 4 is 10.9 Å². The number of ether oxygens (including phenoxy) is 1. The van der Waals surface area contributed by atoms with Crippen molar-refractivity contribution in [1.82, 2.24) is 9.88 Å². The van der Waals surface area contributed by atoms with E-state index in [2.05, 4.69) is 47.1 Å². The van der Waals surface area contributed by atoms with Crippen molar-refractivity contribution in [3.8, 4) is 0 Å². The van der Waals surface area contributed by atoms with Gasteiger partial charge >= 0.3 is 0 Å². The monoisotopic (exact) mass is 292 g/mol. The lowest BCUT2D eigenvalue weighted by atomic mass is 9.64. The van der Waals surface area contributed by atoms with Crippen LogP contribution < -0.4 is 0 Å². The molecule has 0 aliphatic carbocycles. The zero-order valence-electron chi connectivity index (χ0n) is 12.8. The average Bonchev–Trinajstić information content (AvgIpc) is 3.17. The van der Waals surface area contributed by atoms with E-state index >= 15 is 0 Å². The highest BCUT2D eigenvalue weighted by Gasteiger charge is 2.59. The van der Waals surface area contributed by atoms with E-state index in [1.807, 2.05) is 0 Å². The predicted octanol–water partition coefficient (Wildman–Crippen LogP) is 3.56. The number of H-pyrrole nitrogens is 1. The molecule has 6 unspecified atom stereocenters. The Hall–Kier alpha value is -1.58. The molecule has 0 saturated carbocycles. The van der Waals surface area contributed by atoms with Gasteiger partial charge in [0.1, 0.15) is 6.10 Å². The molecular formula is C19H20N2O. The maximum atomic E-state index is 6.36. The van der Waals surface area contributed by atoms with E-state index in [9.17, 15) is 0 Å². The molecule has 5 aliphatic heterocycles. The SMILES string of the molecule is CC=C1CN2C3CC1C1COC(c4c3[nH]c3ccccc43)C12. The fourth-order valence-electron chi connectivity index (χ4n) is 5.74. The summed E-state index contributed by atoms with van der Waals surface area (Å²) < 4.78 is 6.36. The number of aromatic nitrogens is 1. The van der Waals surface area contributed by atoms with Gasteiger partial charge in [-0.25, -0.2) is 0 Å². The van der Waals surface area contributed by atoms with Crippen molar-refractivity contribution in [2.45, 2.75) is 31.5 Å². The summed E-state index contributed by atoms with van der Waals surface area (Å²) in [6.45, 7) is 4.27. The summed E-state index contributed by atoms with van der Waals surface area (Å²) in [6, 6.07) is 9.90. The molecule has 112 valence electrons. The Morgan fingerprint density at radius 3 is 3.14 bits per heavy atom. The van der Waals surface area contributed by atoms with Crippen LogP contribution in [0.15, 0.2) is 35.9 Å². The predicted molar refractivity (Wildman–Crippen MR) is 85.6 cm³/mol. The van der Waals surface area contributed by atoms with Gasteiger partial charge in [-0.3, -0.25) is 4.90 Å². The summed E-state index contributed by atoms with van der Waals surface area (Å²) in [6.07, 6.45) is 3.88. The molecule has 3 nitrogen and oxygen atoms in total. The van der Waals surface area contributed by atoms with Crippen LogP contribution in [0.4, 0.5) is 0 Å². The number of hydrogen-bond donors (Lipinski definition) is 1. The van der Waals surface area contributed by atoms with E-state index in [4.69, 9.17) is 4.74 Å². The lowest BCUT2D eigenvalue weighted by molar-refractivity contribution is -0.0332. The first-order valence-corrected chi connectivity index (χ1v) is 8.49. The second-order valence-corrected chi connectivity index (χ2v) is 7.30. The Labute approximate surface area is 129 Å². The Morgan fingerprint density at radius 2 is 2.23 bits per heavy atom. The molecule has 1 aromatic carbocycles. The van der Waals surface area contributed by atoms with Crippen LogP contribution >= 0.6 is 0 Å². The van der Waals surface area contributed by atoms with Gasteiger partial charge in [0.2, 0.25) is 0 Å². The van der Waals surface area contributed by atoms with Gasteiger partial charge in [-0.15, -0.1) is 0 Å². The number of nitrogens with zero attached hydrogens (tertiary/aromatic N) is 1. The van der Waals surface area contributed by atoms with Gasteiger partial charge in [-0.1, -0.05) is 29.8 Å². The number of piperidine rings is 3. The molecule has 0 spiro atoms. The summed E-state index contributed by atoms with van der Waals surface area (Å²) >= 11 is 0. The molecular weight excluding hydrogens is 272 g/mol. The number of allylic oxidation sites excluding steroid dienone is 1. The number of hydrogen-bond acceptors (Lipinski definition) is 2. The van der Waals surface area contributed by atoms with Crippen molar-refractivity contribution in [3.63, 3.8) is 0 Å². The lowest BCUT2D eigenvalue weighted by Gasteiger charge is -2.56. The van der Waals surface area contributed by atoms with Crippen LogP contribution in [-0.2, 0) is 4.74 Å². The van der Waals surface area contributed by atoms with E-state index in [0.717, 1.165) is 19.1 Å². The molecule has 0 radical (unpaired) electrons. The van der Waals surface area contributed by atoms with E-state index in [1.165, 1.54) is 28.6 Å². The van der Waals surface area contributed by atoms with Gasteiger partial charge < -0.3 is 9.72 Å². The highest BCUT2D eigenvalue weighted by atomic mass is 16.5. The van der Waals surface area contributed by atoms with Gasteiger partial charge in [-0.2, -0.15) is 0 Å². The number of para-hydroxylation sites is 1. The molecule has 1 aromatic heterocycles. The topological polar surface area (TPSA) is 28.3 Å². The molecule has 3 heteroatoms. The third-order valence-corrected chi connectivity index (χ3v) is 6.60. The first-order valence-electron chi connectivity index (χ1n) is 8.49. The Morgan fingerprint density at radius 1 is 1.32 bits per heavy atom. The Bertz CT molecular complexity index is 820. The van der Waals surface area contributed by atoms with E-state index in [1.54, 1.807) is 5.57 Å². The van der Waals surface area contributed by atoms with Crippen molar-refractivity contribution in [2.24, 2.45) is 11.8 Å². The van der Waals surface area contributed by atoms with Crippen LogP contribution in [0.1, 0.15) is 36.7 Å². The number of aromatic amines is 1. The summed E-state index contributed by atoms with van der Waals surface area (Å²) in [7, 11) is 0. The summed E-state index contributed by atoms with van der Waals surface area (Å²) in [4.78, 5) is 6.46. The first kappa shape index (κ1) is 11.9. The van der Waals surface area contributed by atoms with Crippen molar-refractivity contribution in [2.75, 3.05) is 13.2 Å². The molecule has 6 heterocycles. The molecule has 4 saturated heterocycles. The minimum atomic E-state index is 0.272. The lowest BCUT2D eigenvalue weighted by Crippen LogP contribution is -2.59. The van der Waals surface area contributed by atoms with Gasteiger partial charge in [0.05, 0.1) is 12.6 Å². The second kappa shape index (κ2) is 3.84. The fraction of sp³-hybridized carbons (Fsp3) is 0.474. The minimum absolute atomic E-state index is 0.272. The zero-order valence-corrected chi connectivity index (χ0v) is 12.8. The standard InChI is InChI=1S/C19H20N2O/c1-2-10-8-21-15-7-12(10)13-9-22-19(18(13)21)16-11-5-3-4-6-14(11)20-17(15)16/h2-6,12-13,15,18-20H,7-9H2,1H3. The molecule has 1 N–H and O–H groups in total. The minimum Gasteiger partial charge on any atom is -0.371 e. The summed E-state index contributed by atoms with van der Waals surface area (Å²) in [5.41, 5.74) is 5.81. The van der Waals surface area contributed by atoms with Gasteiger partial charge in [0, 0.05) is 40.7 Å². The van der Waals surface area contributed by atoms with E-state index in [0.29, 0.717) is 18.0 Å². The number of rotatable bonds is 0. The third kappa shape index (κ3) is 1.19. The molecule has 7 rings (SSSR count). The third-order valence-electron chi connectivity index (χ3n) is 6.60. The maximum absolute atomic E-state index is 6.36. The molecule has 5 aliphatic rings. The number of fused-ring (bicyclic) bond motifs is 5. The van der Waals surface area contributed by atoms with Crippen LogP contribution in [0.5, 0.6) is 0 Å². The average molecular weight is 292 g/mol. The summed E-state index contributed by atoms with van der Waals surface area (Å²) in [5, 5.41) is 1.38. The van der Waals surface area contributed by atoms with Crippen molar-refractivity contribution in [1.29, 1.82) is 0 Å². The van der Waals surface area contributed by atoms with Gasteiger partial charge in [-0.05, 0) is 25.3 Å². The van der Waals surface area contributed by atoms with Crippen LogP contribution in [0.3, 0.4) is 0 Å².